The standard InChI is InChI=1S/C19H21N2/c1-15(2)21-14-20(3)18(16-10-6-4-7-11-16)19(21)17-12-8-5-9-13-17/h4-15H,1-3H3/q+1. The molecule has 3 rings (SSSR count). The van der Waals surface area contributed by atoms with Gasteiger partial charge in [0, 0.05) is 11.1 Å². The molecular weight excluding hydrogens is 256 g/mol. The maximum atomic E-state index is 2.34. The van der Waals surface area contributed by atoms with Crippen LogP contribution in [0.1, 0.15) is 19.9 Å². The fraction of sp³-hybridized carbons (Fsp3) is 0.211. The fourth-order valence-electron chi connectivity index (χ4n) is 2.80. The van der Waals surface area contributed by atoms with Crippen molar-refractivity contribution in [3.63, 3.8) is 0 Å². The lowest BCUT2D eigenvalue weighted by Gasteiger charge is -2.07. The number of imidazole rings is 1. The Balaban J connectivity index is 2.30. The SMILES string of the molecule is CC(C)n1c[n+](C)c(-c2ccccc2)c1-c1ccccc1. The van der Waals surface area contributed by atoms with Gasteiger partial charge in [0.25, 0.3) is 0 Å². The van der Waals surface area contributed by atoms with Crippen LogP contribution in [0.3, 0.4) is 0 Å². The van der Waals surface area contributed by atoms with E-state index in [1.54, 1.807) is 0 Å². The topological polar surface area (TPSA) is 8.81 Å². The Labute approximate surface area is 126 Å². The molecule has 0 radical (unpaired) electrons. The van der Waals surface area contributed by atoms with Crippen molar-refractivity contribution >= 4 is 0 Å². The molecule has 0 aliphatic carbocycles. The maximum absolute atomic E-state index is 2.34. The van der Waals surface area contributed by atoms with E-state index in [0.29, 0.717) is 6.04 Å². The fourth-order valence-corrected chi connectivity index (χ4v) is 2.80. The number of hydrogen-bond donors (Lipinski definition) is 0. The van der Waals surface area contributed by atoms with Crippen molar-refractivity contribution in [2.45, 2.75) is 19.9 Å². The first kappa shape index (κ1) is 13.6. The minimum atomic E-state index is 0.420. The lowest BCUT2D eigenvalue weighted by atomic mass is 10.0. The van der Waals surface area contributed by atoms with Crippen LogP contribution < -0.4 is 4.57 Å². The van der Waals surface area contributed by atoms with Crippen molar-refractivity contribution in [1.82, 2.24) is 4.57 Å². The molecule has 3 aromatic rings. The molecule has 0 N–H and O–H groups in total. The highest BCUT2D eigenvalue weighted by Gasteiger charge is 2.25. The Kier molecular flexibility index (Phi) is 3.61. The summed E-state index contributed by atoms with van der Waals surface area (Å²) in [7, 11) is 2.12. The Morgan fingerprint density at radius 3 is 1.86 bits per heavy atom. The summed E-state index contributed by atoms with van der Waals surface area (Å²) < 4.78 is 4.56. The third-order valence-corrected chi connectivity index (χ3v) is 3.78. The van der Waals surface area contributed by atoms with Crippen LogP contribution in [0, 0.1) is 0 Å². The van der Waals surface area contributed by atoms with Crippen LogP contribution in [0.25, 0.3) is 22.5 Å². The van der Waals surface area contributed by atoms with E-state index in [-0.39, 0.29) is 0 Å². The van der Waals surface area contributed by atoms with E-state index in [4.69, 9.17) is 0 Å². The summed E-state index contributed by atoms with van der Waals surface area (Å²) in [4.78, 5) is 0. The van der Waals surface area contributed by atoms with Crippen LogP contribution in [0.2, 0.25) is 0 Å². The summed E-state index contributed by atoms with van der Waals surface area (Å²) in [6, 6.07) is 21.6. The van der Waals surface area contributed by atoms with Crippen molar-refractivity contribution in [3.05, 3.63) is 67.0 Å². The summed E-state index contributed by atoms with van der Waals surface area (Å²) in [6.45, 7) is 4.45. The number of aromatic nitrogens is 2. The molecule has 0 saturated carbocycles. The second-order valence-corrected chi connectivity index (χ2v) is 5.66. The van der Waals surface area contributed by atoms with Gasteiger partial charge in [-0.15, -0.1) is 0 Å². The van der Waals surface area contributed by atoms with E-state index in [2.05, 4.69) is 97.0 Å². The molecule has 0 aliphatic heterocycles. The van der Waals surface area contributed by atoms with Crippen molar-refractivity contribution < 1.29 is 4.57 Å². The Morgan fingerprint density at radius 1 is 0.810 bits per heavy atom. The van der Waals surface area contributed by atoms with Gasteiger partial charge in [0.1, 0.15) is 0 Å². The van der Waals surface area contributed by atoms with Gasteiger partial charge < -0.3 is 0 Å². The third-order valence-electron chi connectivity index (χ3n) is 3.78. The van der Waals surface area contributed by atoms with Gasteiger partial charge in [-0.25, -0.2) is 9.13 Å². The summed E-state index contributed by atoms with van der Waals surface area (Å²) >= 11 is 0. The smallest absolute Gasteiger partial charge is 0.232 e. The monoisotopic (exact) mass is 277 g/mol. The quantitative estimate of drug-likeness (QED) is 0.634. The molecule has 0 aliphatic rings. The largest absolute Gasteiger partial charge is 0.244 e. The Morgan fingerprint density at radius 2 is 1.33 bits per heavy atom. The van der Waals surface area contributed by atoms with E-state index in [1.807, 2.05) is 0 Å². The van der Waals surface area contributed by atoms with Crippen LogP contribution in [0.4, 0.5) is 0 Å². The zero-order chi connectivity index (χ0) is 14.8. The van der Waals surface area contributed by atoms with Crippen molar-refractivity contribution in [2.24, 2.45) is 7.05 Å². The summed E-state index contributed by atoms with van der Waals surface area (Å²) in [6.07, 6.45) is 2.19. The molecule has 2 nitrogen and oxygen atoms in total. The van der Waals surface area contributed by atoms with Crippen molar-refractivity contribution in [2.75, 3.05) is 0 Å². The minimum Gasteiger partial charge on any atom is -0.232 e. The van der Waals surface area contributed by atoms with E-state index < -0.39 is 0 Å². The Hall–Kier alpha value is -2.35. The average molecular weight is 277 g/mol. The molecular formula is C19H21N2+. The predicted octanol–water partition coefficient (Wildman–Crippen LogP) is 4.23. The summed E-state index contributed by atoms with van der Waals surface area (Å²) in [5, 5.41) is 0. The molecule has 0 spiro atoms. The lowest BCUT2D eigenvalue weighted by molar-refractivity contribution is -0.660. The normalized spacial score (nSPS) is 11.0. The van der Waals surface area contributed by atoms with Crippen molar-refractivity contribution in [1.29, 1.82) is 0 Å². The molecule has 0 fully saturated rings. The second kappa shape index (κ2) is 5.57. The highest BCUT2D eigenvalue weighted by molar-refractivity contribution is 5.76. The highest BCUT2D eigenvalue weighted by atomic mass is 15.1. The molecule has 0 unspecified atom stereocenters. The van der Waals surface area contributed by atoms with Crippen molar-refractivity contribution in [3.8, 4) is 22.5 Å². The lowest BCUT2D eigenvalue weighted by Crippen LogP contribution is -2.28. The predicted molar refractivity (Wildman–Crippen MR) is 86.9 cm³/mol. The van der Waals surface area contributed by atoms with Crippen LogP contribution in [0.15, 0.2) is 67.0 Å². The molecule has 0 amide bonds. The van der Waals surface area contributed by atoms with Crippen LogP contribution in [0.5, 0.6) is 0 Å². The molecule has 2 aromatic carbocycles. The maximum Gasteiger partial charge on any atom is 0.244 e. The van der Waals surface area contributed by atoms with Gasteiger partial charge in [-0.05, 0) is 13.8 Å². The van der Waals surface area contributed by atoms with E-state index >= 15 is 0 Å². The number of benzene rings is 2. The Bertz CT molecular complexity index is 725. The van der Waals surface area contributed by atoms with Gasteiger partial charge in [0.15, 0.2) is 11.4 Å². The zero-order valence-electron chi connectivity index (χ0n) is 12.8. The van der Waals surface area contributed by atoms with Crippen LogP contribution >= 0.6 is 0 Å². The van der Waals surface area contributed by atoms with Crippen LogP contribution in [-0.4, -0.2) is 4.57 Å². The molecule has 1 heterocycles. The number of nitrogens with zero attached hydrogens (tertiary/aromatic N) is 2. The number of rotatable bonds is 3. The summed E-state index contributed by atoms with van der Waals surface area (Å²) in [5.41, 5.74) is 5.04. The first-order chi connectivity index (χ1) is 10.2. The van der Waals surface area contributed by atoms with Gasteiger partial charge in [-0.2, -0.15) is 0 Å². The first-order valence-corrected chi connectivity index (χ1v) is 7.40. The second-order valence-electron chi connectivity index (χ2n) is 5.66. The first-order valence-electron chi connectivity index (χ1n) is 7.40. The van der Waals surface area contributed by atoms with E-state index in [0.717, 1.165) is 0 Å². The van der Waals surface area contributed by atoms with Gasteiger partial charge in [0.2, 0.25) is 6.33 Å². The molecule has 0 bridgehead atoms. The molecule has 2 heteroatoms. The molecule has 106 valence electrons. The van der Waals surface area contributed by atoms with Gasteiger partial charge in [-0.3, -0.25) is 0 Å². The van der Waals surface area contributed by atoms with Crippen LogP contribution in [-0.2, 0) is 7.05 Å². The molecule has 0 atom stereocenters. The average Bonchev–Trinajstić information content (AvgIpc) is 2.87. The van der Waals surface area contributed by atoms with Gasteiger partial charge >= 0.3 is 0 Å². The zero-order valence-corrected chi connectivity index (χ0v) is 12.8. The molecule has 21 heavy (non-hydrogen) atoms. The highest BCUT2D eigenvalue weighted by Crippen LogP contribution is 2.31. The van der Waals surface area contributed by atoms with E-state index in [9.17, 15) is 0 Å². The van der Waals surface area contributed by atoms with E-state index in [1.165, 1.54) is 22.5 Å². The third kappa shape index (κ3) is 2.49. The number of hydrogen-bond acceptors (Lipinski definition) is 0. The molecule has 1 aromatic heterocycles. The number of aryl methyl sites for hydroxylation is 1. The van der Waals surface area contributed by atoms with Gasteiger partial charge in [-0.1, -0.05) is 60.7 Å². The molecule has 0 saturated heterocycles. The minimum absolute atomic E-state index is 0.420. The summed E-state index contributed by atoms with van der Waals surface area (Å²) in [5.74, 6) is 0. The van der Waals surface area contributed by atoms with Gasteiger partial charge in [0.05, 0.1) is 13.1 Å².